The maximum atomic E-state index is 6.25. The van der Waals surface area contributed by atoms with Gasteiger partial charge in [-0.15, -0.1) is 0 Å². The Hall–Kier alpha value is -1.30. The third-order valence-electron chi connectivity index (χ3n) is 3.47. The molecule has 2 rings (SSSR count). The lowest BCUT2D eigenvalue weighted by molar-refractivity contribution is 0.112. The van der Waals surface area contributed by atoms with E-state index in [1.54, 1.807) is 7.11 Å². The molecule has 2 N–H and O–H groups in total. The van der Waals surface area contributed by atoms with Gasteiger partial charge in [0.1, 0.15) is 0 Å². The van der Waals surface area contributed by atoms with Crippen LogP contribution >= 0.6 is 0 Å². The summed E-state index contributed by atoms with van der Waals surface area (Å²) in [4.78, 5) is 2.19. The van der Waals surface area contributed by atoms with Crippen LogP contribution in [0.15, 0.2) is 18.2 Å². The summed E-state index contributed by atoms with van der Waals surface area (Å²) >= 11 is 0. The molecule has 0 aromatic heterocycles. The Labute approximate surface area is 114 Å². The van der Waals surface area contributed by atoms with Crippen molar-refractivity contribution in [2.24, 2.45) is 5.73 Å². The molecule has 0 radical (unpaired) electrons. The van der Waals surface area contributed by atoms with E-state index < -0.39 is 0 Å². The van der Waals surface area contributed by atoms with Crippen molar-refractivity contribution in [3.05, 3.63) is 23.8 Å². The van der Waals surface area contributed by atoms with Crippen LogP contribution in [0.5, 0.6) is 11.5 Å². The number of rotatable bonds is 6. The van der Waals surface area contributed by atoms with Crippen molar-refractivity contribution >= 4 is 0 Å². The number of nitrogens with two attached hydrogens (primary N) is 1. The number of hydrogen-bond acceptors (Lipinski definition) is 5. The SMILES string of the molecule is COCC(C)N(C)CC(N)c1ccc2c(c1)OCO2. The number of fused-ring (bicyclic) bond motifs is 1. The first-order valence-corrected chi connectivity index (χ1v) is 6.46. The minimum absolute atomic E-state index is 0.0567. The second-order valence-electron chi connectivity index (χ2n) is 4.96. The average Bonchev–Trinajstić information content (AvgIpc) is 2.85. The maximum absolute atomic E-state index is 6.25. The molecule has 5 nitrogen and oxygen atoms in total. The maximum Gasteiger partial charge on any atom is 0.231 e. The van der Waals surface area contributed by atoms with E-state index in [4.69, 9.17) is 19.9 Å². The van der Waals surface area contributed by atoms with Gasteiger partial charge in [0.15, 0.2) is 11.5 Å². The third-order valence-corrected chi connectivity index (χ3v) is 3.47. The smallest absolute Gasteiger partial charge is 0.231 e. The molecule has 1 aliphatic heterocycles. The molecule has 0 saturated carbocycles. The Kier molecular flexibility index (Phi) is 4.63. The monoisotopic (exact) mass is 266 g/mol. The fourth-order valence-electron chi connectivity index (χ4n) is 2.11. The molecular formula is C14H22N2O3. The van der Waals surface area contributed by atoms with Gasteiger partial charge in [0.2, 0.25) is 6.79 Å². The Balaban J connectivity index is 1.98. The molecule has 0 fully saturated rings. The number of likely N-dealkylation sites (N-methyl/N-ethyl adjacent to an activating group) is 1. The van der Waals surface area contributed by atoms with Crippen molar-refractivity contribution in [2.75, 3.05) is 34.1 Å². The summed E-state index contributed by atoms with van der Waals surface area (Å²) < 4.78 is 15.8. The van der Waals surface area contributed by atoms with Crippen LogP contribution in [0.3, 0.4) is 0 Å². The summed E-state index contributed by atoms with van der Waals surface area (Å²) in [7, 11) is 3.76. The molecule has 0 spiro atoms. The van der Waals surface area contributed by atoms with E-state index in [1.165, 1.54) is 0 Å². The Morgan fingerprint density at radius 1 is 1.37 bits per heavy atom. The first-order chi connectivity index (χ1) is 9.11. The third kappa shape index (κ3) is 3.37. The molecule has 1 aliphatic rings. The molecule has 0 bridgehead atoms. The van der Waals surface area contributed by atoms with Crippen molar-refractivity contribution in [1.82, 2.24) is 4.90 Å². The highest BCUT2D eigenvalue weighted by atomic mass is 16.7. The normalized spacial score (nSPS) is 16.7. The molecule has 2 unspecified atom stereocenters. The predicted octanol–water partition coefficient (Wildman–Crippen LogP) is 1.38. The molecule has 1 heterocycles. The summed E-state index contributed by atoms with van der Waals surface area (Å²) in [6, 6.07) is 6.15. The van der Waals surface area contributed by atoms with Crippen LogP contribution in [-0.4, -0.2) is 45.0 Å². The van der Waals surface area contributed by atoms with Crippen molar-refractivity contribution in [3.8, 4) is 11.5 Å². The van der Waals surface area contributed by atoms with Crippen LogP contribution in [0.25, 0.3) is 0 Å². The first kappa shape index (κ1) is 14.1. The second kappa shape index (κ2) is 6.23. The quantitative estimate of drug-likeness (QED) is 0.843. The van der Waals surface area contributed by atoms with Gasteiger partial charge in [0.05, 0.1) is 6.61 Å². The molecule has 0 saturated heterocycles. The van der Waals surface area contributed by atoms with Gasteiger partial charge in [-0.1, -0.05) is 6.07 Å². The minimum Gasteiger partial charge on any atom is -0.454 e. The second-order valence-corrected chi connectivity index (χ2v) is 4.96. The number of nitrogens with zero attached hydrogens (tertiary/aromatic N) is 1. The summed E-state index contributed by atoms with van der Waals surface area (Å²) in [6.07, 6.45) is 0. The highest BCUT2D eigenvalue weighted by molar-refractivity contribution is 5.45. The molecule has 2 atom stereocenters. The minimum atomic E-state index is -0.0567. The summed E-state index contributed by atoms with van der Waals surface area (Å²) in [5.41, 5.74) is 7.30. The van der Waals surface area contributed by atoms with Crippen molar-refractivity contribution in [1.29, 1.82) is 0 Å². The highest BCUT2D eigenvalue weighted by Crippen LogP contribution is 2.33. The molecule has 1 aromatic rings. The van der Waals surface area contributed by atoms with E-state index in [0.717, 1.165) is 23.6 Å². The van der Waals surface area contributed by atoms with E-state index in [1.807, 2.05) is 18.2 Å². The van der Waals surface area contributed by atoms with Crippen LogP contribution in [0.2, 0.25) is 0 Å². The van der Waals surface area contributed by atoms with Crippen LogP contribution in [0, 0.1) is 0 Å². The topological polar surface area (TPSA) is 57.0 Å². The standard InChI is InChI=1S/C14H22N2O3/c1-10(8-17-3)16(2)7-12(15)11-4-5-13-14(6-11)19-9-18-13/h4-6,10,12H,7-9,15H2,1-3H3. The average molecular weight is 266 g/mol. The molecule has 0 aliphatic carbocycles. The van der Waals surface area contributed by atoms with E-state index in [0.29, 0.717) is 19.4 Å². The van der Waals surface area contributed by atoms with Gasteiger partial charge in [-0.2, -0.15) is 0 Å². The van der Waals surface area contributed by atoms with Gasteiger partial charge in [0, 0.05) is 25.7 Å². The zero-order chi connectivity index (χ0) is 13.8. The van der Waals surface area contributed by atoms with Crippen LogP contribution in [0.4, 0.5) is 0 Å². The van der Waals surface area contributed by atoms with Gasteiger partial charge in [-0.05, 0) is 31.7 Å². The van der Waals surface area contributed by atoms with Crippen LogP contribution in [-0.2, 0) is 4.74 Å². The van der Waals surface area contributed by atoms with Crippen molar-refractivity contribution in [2.45, 2.75) is 19.0 Å². The number of benzene rings is 1. The Morgan fingerprint density at radius 3 is 2.84 bits per heavy atom. The number of hydrogen-bond donors (Lipinski definition) is 1. The lowest BCUT2D eigenvalue weighted by atomic mass is 10.1. The summed E-state index contributed by atoms with van der Waals surface area (Å²) in [5.74, 6) is 1.57. The summed E-state index contributed by atoms with van der Waals surface area (Å²) in [6.45, 7) is 3.88. The van der Waals surface area contributed by atoms with Gasteiger partial charge in [-0.25, -0.2) is 0 Å². The molecule has 0 amide bonds. The Morgan fingerprint density at radius 2 is 2.11 bits per heavy atom. The molecule has 5 heteroatoms. The molecule has 1 aromatic carbocycles. The summed E-state index contributed by atoms with van der Waals surface area (Å²) in [5, 5.41) is 0. The molecular weight excluding hydrogens is 244 g/mol. The van der Waals surface area contributed by atoms with Crippen molar-refractivity contribution in [3.63, 3.8) is 0 Å². The number of ether oxygens (including phenoxy) is 3. The fourth-order valence-corrected chi connectivity index (χ4v) is 2.11. The zero-order valence-corrected chi connectivity index (χ0v) is 11.8. The van der Waals surface area contributed by atoms with E-state index >= 15 is 0 Å². The largest absolute Gasteiger partial charge is 0.454 e. The molecule has 19 heavy (non-hydrogen) atoms. The highest BCUT2D eigenvalue weighted by Gasteiger charge is 2.18. The van der Waals surface area contributed by atoms with Crippen molar-refractivity contribution < 1.29 is 14.2 Å². The number of methoxy groups -OCH3 is 1. The van der Waals surface area contributed by atoms with E-state index in [-0.39, 0.29) is 6.04 Å². The lowest BCUT2D eigenvalue weighted by Crippen LogP contribution is -2.37. The van der Waals surface area contributed by atoms with Gasteiger partial charge in [-0.3, -0.25) is 4.90 Å². The van der Waals surface area contributed by atoms with Crippen LogP contribution < -0.4 is 15.2 Å². The van der Waals surface area contributed by atoms with Crippen LogP contribution in [0.1, 0.15) is 18.5 Å². The lowest BCUT2D eigenvalue weighted by Gasteiger charge is -2.27. The first-order valence-electron chi connectivity index (χ1n) is 6.46. The zero-order valence-electron chi connectivity index (χ0n) is 11.8. The van der Waals surface area contributed by atoms with Gasteiger partial charge in [0.25, 0.3) is 0 Å². The molecule has 106 valence electrons. The van der Waals surface area contributed by atoms with E-state index in [2.05, 4.69) is 18.9 Å². The van der Waals surface area contributed by atoms with Gasteiger partial charge >= 0.3 is 0 Å². The van der Waals surface area contributed by atoms with Gasteiger partial charge < -0.3 is 19.9 Å². The van der Waals surface area contributed by atoms with E-state index in [9.17, 15) is 0 Å². The fraction of sp³-hybridized carbons (Fsp3) is 0.571. The Bertz CT molecular complexity index is 425. The predicted molar refractivity (Wildman–Crippen MR) is 73.5 cm³/mol.